The number of aromatic nitrogens is 2. The lowest BCUT2D eigenvalue weighted by atomic mass is 10.1. The van der Waals surface area contributed by atoms with E-state index in [2.05, 4.69) is 25.3 Å². The summed E-state index contributed by atoms with van der Waals surface area (Å²) in [5.41, 5.74) is 0.260. The van der Waals surface area contributed by atoms with Crippen LogP contribution in [0.1, 0.15) is 45.1 Å². The second-order valence-corrected chi connectivity index (χ2v) is 7.10. The van der Waals surface area contributed by atoms with Crippen LogP contribution in [0, 0.1) is 0 Å². The first-order valence-corrected chi connectivity index (χ1v) is 8.54. The van der Waals surface area contributed by atoms with Crippen LogP contribution in [0.2, 0.25) is 0 Å². The van der Waals surface area contributed by atoms with E-state index in [1.165, 1.54) is 6.92 Å². The summed E-state index contributed by atoms with van der Waals surface area (Å²) in [7, 11) is 0. The molecule has 1 aromatic heterocycles. The van der Waals surface area contributed by atoms with Crippen LogP contribution < -0.4 is 16.4 Å². The van der Waals surface area contributed by atoms with Crippen molar-refractivity contribution in [2.75, 3.05) is 0 Å². The fraction of sp³-hybridized carbons (Fsp3) is 0.444. The maximum Gasteiger partial charge on any atom is 0.438 e. The van der Waals surface area contributed by atoms with Gasteiger partial charge < -0.3 is 15.4 Å². The first kappa shape index (κ1) is 20.2. The number of rotatable bonds is 6. The molecule has 9 heteroatoms. The monoisotopic (exact) mass is 376 g/mol. The number of benzene rings is 1. The number of carbonyl (C=O) groups excluding carboxylic acids is 2. The second kappa shape index (κ2) is 8.52. The molecule has 0 unspecified atom stereocenters. The van der Waals surface area contributed by atoms with Gasteiger partial charge in [-0.2, -0.15) is 0 Å². The number of hydrogen-bond donors (Lipinski definition) is 3. The van der Waals surface area contributed by atoms with E-state index in [1.807, 2.05) is 30.3 Å². The highest BCUT2D eigenvalue weighted by Crippen LogP contribution is 2.14. The van der Waals surface area contributed by atoms with E-state index in [9.17, 15) is 14.4 Å². The zero-order valence-corrected chi connectivity index (χ0v) is 15.7. The third-order valence-electron chi connectivity index (χ3n) is 3.51. The van der Waals surface area contributed by atoms with Crippen molar-refractivity contribution in [3.8, 4) is 0 Å². The summed E-state index contributed by atoms with van der Waals surface area (Å²) in [6.07, 6.45) is -0.312. The molecular formula is C18H24N4O5. The van der Waals surface area contributed by atoms with Gasteiger partial charge in [0, 0.05) is 6.42 Å². The minimum absolute atomic E-state index is 0.196. The molecule has 0 bridgehead atoms. The van der Waals surface area contributed by atoms with Crippen LogP contribution in [0.25, 0.3) is 0 Å². The van der Waals surface area contributed by atoms with E-state index in [0.717, 1.165) is 5.56 Å². The van der Waals surface area contributed by atoms with Gasteiger partial charge in [0.05, 0.1) is 6.04 Å². The molecule has 0 radical (unpaired) electrons. The van der Waals surface area contributed by atoms with Gasteiger partial charge in [0.25, 0.3) is 0 Å². The summed E-state index contributed by atoms with van der Waals surface area (Å²) in [4.78, 5) is 38.1. The molecule has 1 aromatic carbocycles. The Bertz CT molecular complexity index is 822. The van der Waals surface area contributed by atoms with E-state index in [-0.39, 0.29) is 5.82 Å². The van der Waals surface area contributed by atoms with Crippen molar-refractivity contribution in [1.29, 1.82) is 0 Å². The van der Waals surface area contributed by atoms with Crippen LogP contribution in [-0.4, -0.2) is 33.8 Å². The Morgan fingerprint density at radius 2 is 1.89 bits per heavy atom. The average Bonchev–Trinajstić information content (AvgIpc) is 2.99. The second-order valence-electron chi connectivity index (χ2n) is 7.10. The van der Waals surface area contributed by atoms with Crippen LogP contribution in [0.3, 0.4) is 0 Å². The van der Waals surface area contributed by atoms with Gasteiger partial charge in [0.1, 0.15) is 11.6 Å². The quantitative estimate of drug-likeness (QED) is 0.704. The van der Waals surface area contributed by atoms with Crippen molar-refractivity contribution in [2.24, 2.45) is 0 Å². The fourth-order valence-electron chi connectivity index (χ4n) is 2.30. The third-order valence-corrected chi connectivity index (χ3v) is 3.51. The number of amides is 2. The largest absolute Gasteiger partial charge is 0.444 e. The van der Waals surface area contributed by atoms with Crippen LogP contribution in [0.15, 0.2) is 39.6 Å². The Balaban J connectivity index is 2.06. The molecule has 0 aliphatic rings. The molecule has 0 aliphatic heterocycles. The van der Waals surface area contributed by atoms with Crippen molar-refractivity contribution in [2.45, 2.75) is 51.8 Å². The maximum atomic E-state index is 12.5. The van der Waals surface area contributed by atoms with Crippen LogP contribution >= 0.6 is 0 Å². The standard InChI is InChI=1S/C18H24N4O5/c1-11(19-16(24)26-18(2,3)4)15(23)20-13(14-21-17(25)27-22-14)10-12-8-6-5-7-9-12/h5-9,11,13H,10H2,1-4H3,(H,19,24)(H,20,23)(H,21,22,25)/t11-,13-/m0/s1. The zero-order chi connectivity index (χ0) is 20.0. The summed E-state index contributed by atoms with van der Waals surface area (Å²) in [5, 5.41) is 8.90. The molecule has 0 spiro atoms. The molecule has 2 amide bonds. The number of hydrogen-bond acceptors (Lipinski definition) is 6. The van der Waals surface area contributed by atoms with Gasteiger partial charge in [-0.1, -0.05) is 35.5 Å². The zero-order valence-electron chi connectivity index (χ0n) is 15.7. The van der Waals surface area contributed by atoms with E-state index in [1.54, 1.807) is 20.8 Å². The topological polar surface area (TPSA) is 126 Å². The molecule has 0 aliphatic carbocycles. The Kier molecular flexibility index (Phi) is 6.38. The molecule has 0 saturated carbocycles. The third kappa shape index (κ3) is 6.61. The molecule has 9 nitrogen and oxygen atoms in total. The Labute approximate surface area is 156 Å². The minimum Gasteiger partial charge on any atom is -0.444 e. The highest BCUT2D eigenvalue weighted by Gasteiger charge is 2.25. The number of nitrogens with one attached hydrogen (secondary N) is 3. The van der Waals surface area contributed by atoms with Crippen molar-refractivity contribution < 1.29 is 18.8 Å². The van der Waals surface area contributed by atoms with Crippen LogP contribution in [-0.2, 0) is 16.0 Å². The molecule has 0 saturated heterocycles. The lowest BCUT2D eigenvalue weighted by Gasteiger charge is -2.23. The lowest BCUT2D eigenvalue weighted by molar-refractivity contribution is -0.123. The Morgan fingerprint density at radius 1 is 1.22 bits per heavy atom. The van der Waals surface area contributed by atoms with Crippen molar-refractivity contribution in [3.63, 3.8) is 0 Å². The van der Waals surface area contributed by atoms with Crippen LogP contribution in [0.5, 0.6) is 0 Å². The van der Waals surface area contributed by atoms with Gasteiger partial charge >= 0.3 is 11.8 Å². The van der Waals surface area contributed by atoms with Gasteiger partial charge in [-0.25, -0.2) is 9.59 Å². The van der Waals surface area contributed by atoms with Gasteiger partial charge in [0.15, 0.2) is 5.82 Å². The number of ether oxygens (including phenoxy) is 1. The lowest BCUT2D eigenvalue weighted by Crippen LogP contribution is -2.47. The van der Waals surface area contributed by atoms with E-state index in [4.69, 9.17) is 4.74 Å². The highest BCUT2D eigenvalue weighted by atomic mass is 16.6. The number of aromatic amines is 1. The Morgan fingerprint density at radius 3 is 2.44 bits per heavy atom. The Hall–Kier alpha value is -3.10. The molecular weight excluding hydrogens is 352 g/mol. The van der Waals surface area contributed by atoms with E-state index >= 15 is 0 Å². The van der Waals surface area contributed by atoms with Gasteiger partial charge in [-0.3, -0.25) is 14.3 Å². The number of alkyl carbamates (subject to hydrolysis) is 1. The summed E-state index contributed by atoms with van der Waals surface area (Å²) in [6.45, 7) is 6.72. The van der Waals surface area contributed by atoms with E-state index < -0.39 is 35.4 Å². The molecule has 146 valence electrons. The number of nitrogens with zero attached hydrogens (tertiary/aromatic N) is 1. The average molecular weight is 376 g/mol. The molecule has 3 N–H and O–H groups in total. The molecule has 2 atom stereocenters. The highest BCUT2D eigenvalue weighted by molar-refractivity contribution is 5.85. The molecule has 1 heterocycles. The van der Waals surface area contributed by atoms with Crippen molar-refractivity contribution in [3.05, 3.63) is 52.3 Å². The van der Waals surface area contributed by atoms with Gasteiger partial charge in [-0.15, -0.1) is 0 Å². The summed E-state index contributed by atoms with van der Waals surface area (Å²) in [6, 6.07) is 7.91. The molecule has 2 rings (SSSR count). The van der Waals surface area contributed by atoms with Crippen molar-refractivity contribution >= 4 is 12.0 Å². The summed E-state index contributed by atoms with van der Waals surface area (Å²) < 4.78 is 9.68. The van der Waals surface area contributed by atoms with Crippen molar-refractivity contribution in [1.82, 2.24) is 20.8 Å². The summed E-state index contributed by atoms with van der Waals surface area (Å²) >= 11 is 0. The first-order chi connectivity index (χ1) is 12.6. The first-order valence-electron chi connectivity index (χ1n) is 8.54. The van der Waals surface area contributed by atoms with E-state index in [0.29, 0.717) is 6.42 Å². The SMILES string of the molecule is C[C@H](NC(=O)OC(C)(C)C)C(=O)N[C@@H](Cc1ccccc1)c1noc(=O)[nH]1. The number of carbonyl (C=O) groups is 2. The molecule has 0 fully saturated rings. The summed E-state index contributed by atoms with van der Waals surface area (Å²) in [5.74, 6) is -0.968. The van der Waals surface area contributed by atoms with Gasteiger partial charge in [0.2, 0.25) is 5.91 Å². The fourth-order valence-corrected chi connectivity index (χ4v) is 2.30. The predicted octanol–water partition coefficient (Wildman–Crippen LogP) is 1.68. The minimum atomic E-state index is -0.850. The van der Waals surface area contributed by atoms with Gasteiger partial charge in [-0.05, 0) is 33.3 Å². The predicted molar refractivity (Wildman–Crippen MR) is 97.0 cm³/mol. The normalized spacial score (nSPS) is 13.5. The number of H-pyrrole nitrogens is 1. The smallest absolute Gasteiger partial charge is 0.438 e. The molecule has 2 aromatic rings. The molecule has 27 heavy (non-hydrogen) atoms. The van der Waals surface area contributed by atoms with Crippen LogP contribution in [0.4, 0.5) is 4.79 Å². The maximum absolute atomic E-state index is 12.5.